The Morgan fingerprint density at radius 2 is 1.71 bits per heavy atom. The monoisotopic (exact) mass is 512 g/mol. The molecule has 0 spiro atoms. The minimum Gasteiger partial charge on any atom is -0.320 e. The first-order valence-electron chi connectivity index (χ1n) is 9.62. The first-order chi connectivity index (χ1) is 16.0. The predicted octanol–water partition coefficient (Wildman–Crippen LogP) is 6.75. The minimum atomic E-state index is -5.85. The number of aryl methyl sites for hydroxylation is 1. The van der Waals surface area contributed by atoms with Crippen molar-refractivity contribution >= 4 is 40.6 Å². The van der Waals surface area contributed by atoms with Gasteiger partial charge in [0.15, 0.2) is 11.3 Å². The van der Waals surface area contributed by atoms with Crippen LogP contribution in [0, 0.1) is 6.92 Å². The molecule has 0 atom stereocenters. The second kappa shape index (κ2) is 8.88. The average molecular weight is 513 g/mol. The van der Waals surface area contributed by atoms with Gasteiger partial charge in [0, 0.05) is 26.6 Å². The van der Waals surface area contributed by atoms with Gasteiger partial charge in [0.25, 0.3) is 5.91 Å². The lowest BCUT2D eigenvalue weighted by Crippen LogP contribution is -2.36. The summed E-state index contributed by atoms with van der Waals surface area (Å²) in [7, 11) is 0. The summed E-state index contributed by atoms with van der Waals surface area (Å²) >= 11 is 7.24. The SMILES string of the molecule is Cc1cc(C(F)(F)C(F)(F)F)n2nc(C(=O)Nc3ccccc3Sc3ccc(Cl)cc3)cc2n1. The molecule has 0 aliphatic rings. The molecule has 0 saturated heterocycles. The molecular weight excluding hydrogens is 499 g/mol. The zero-order valence-corrected chi connectivity index (χ0v) is 18.8. The van der Waals surface area contributed by atoms with Crippen LogP contribution < -0.4 is 5.32 Å². The molecule has 34 heavy (non-hydrogen) atoms. The van der Waals surface area contributed by atoms with Crippen molar-refractivity contribution in [3.05, 3.63) is 82.8 Å². The molecule has 4 aromatic rings. The number of para-hydroxylation sites is 1. The quantitative estimate of drug-likeness (QED) is 0.301. The van der Waals surface area contributed by atoms with Crippen LogP contribution >= 0.6 is 23.4 Å². The summed E-state index contributed by atoms with van der Waals surface area (Å²) in [6.07, 6.45) is -5.85. The van der Waals surface area contributed by atoms with Gasteiger partial charge in [0.05, 0.1) is 5.69 Å². The third-order valence-electron chi connectivity index (χ3n) is 4.64. The molecule has 2 heterocycles. The van der Waals surface area contributed by atoms with Gasteiger partial charge >= 0.3 is 12.1 Å². The third-order valence-corrected chi connectivity index (χ3v) is 5.98. The first-order valence-corrected chi connectivity index (χ1v) is 10.8. The van der Waals surface area contributed by atoms with E-state index in [2.05, 4.69) is 15.4 Å². The van der Waals surface area contributed by atoms with Crippen molar-refractivity contribution in [3.63, 3.8) is 0 Å². The normalized spacial score (nSPS) is 12.2. The smallest absolute Gasteiger partial charge is 0.320 e. The lowest BCUT2D eigenvalue weighted by Gasteiger charge is -2.20. The van der Waals surface area contributed by atoms with Crippen molar-refractivity contribution in [1.29, 1.82) is 0 Å². The fraction of sp³-hybridized carbons (Fsp3) is 0.136. The molecule has 0 saturated carbocycles. The predicted molar refractivity (Wildman–Crippen MR) is 118 cm³/mol. The van der Waals surface area contributed by atoms with Crippen molar-refractivity contribution in [2.75, 3.05) is 5.32 Å². The summed E-state index contributed by atoms with van der Waals surface area (Å²) in [4.78, 5) is 18.3. The van der Waals surface area contributed by atoms with Crippen LogP contribution in [0.3, 0.4) is 0 Å². The summed E-state index contributed by atoms with van der Waals surface area (Å²) < 4.78 is 67.4. The molecule has 0 aliphatic carbocycles. The number of carbonyl (C=O) groups excluding carboxylic acids is 1. The molecule has 2 aromatic carbocycles. The number of fused-ring (bicyclic) bond motifs is 1. The highest BCUT2D eigenvalue weighted by molar-refractivity contribution is 7.99. The van der Waals surface area contributed by atoms with Crippen molar-refractivity contribution in [1.82, 2.24) is 14.6 Å². The summed E-state index contributed by atoms with van der Waals surface area (Å²) in [5, 5.41) is 6.88. The number of aromatic nitrogens is 3. The number of amides is 1. The number of nitrogens with one attached hydrogen (secondary N) is 1. The van der Waals surface area contributed by atoms with Crippen molar-refractivity contribution < 1.29 is 26.7 Å². The summed E-state index contributed by atoms with van der Waals surface area (Å²) in [5.74, 6) is -5.99. The minimum absolute atomic E-state index is 0.0806. The number of carbonyl (C=O) groups is 1. The van der Waals surface area contributed by atoms with Gasteiger partial charge in [-0.15, -0.1) is 0 Å². The van der Waals surface area contributed by atoms with Gasteiger partial charge in [-0.3, -0.25) is 4.79 Å². The van der Waals surface area contributed by atoms with Crippen LogP contribution in [-0.4, -0.2) is 26.7 Å². The average Bonchev–Trinajstić information content (AvgIpc) is 3.19. The molecule has 0 bridgehead atoms. The fourth-order valence-corrected chi connectivity index (χ4v) is 4.08. The number of nitrogens with zero attached hydrogens (tertiary/aromatic N) is 3. The van der Waals surface area contributed by atoms with Crippen molar-refractivity contribution in [2.45, 2.75) is 28.8 Å². The van der Waals surface area contributed by atoms with E-state index in [0.29, 0.717) is 26.2 Å². The number of anilines is 1. The van der Waals surface area contributed by atoms with Gasteiger partial charge in [0.2, 0.25) is 0 Å². The van der Waals surface area contributed by atoms with Gasteiger partial charge in [0.1, 0.15) is 5.69 Å². The second-order valence-corrected chi connectivity index (χ2v) is 8.71. The Hall–Kier alpha value is -3.18. The Morgan fingerprint density at radius 3 is 2.38 bits per heavy atom. The van der Waals surface area contributed by atoms with Crippen LogP contribution in [0.4, 0.5) is 27.6 Å². The van der Waals surface area contributed by atoms with E-state index in [-0.39, 0.29) is 17.0 Å². The number of rotatable bonds is 5. The van der Waals surface area contributed by atoms with Crippen molar-refractivity contribution in [3.8, 4) is 0 Å². The van der Waals surface area contributed by atoms with E-state index >= 15 is 0 Å². The molecule has 2 aromatic heterocycles. The Balaban J connectivity index is 1.66. The summed E-state index contributed by atoms with van der Waals surface area (Å²) in [6, 6.07) is 15.5. The molecule has 5 nitrogen and oxygen atoms in total. The van der Waals surface area contributed by atoms with E-state index in [9.17, 15) is 26.7 Å². The zero-order valence-electron chi connectivity index (χ0n) is 17.2. The zero-order chi connectivity index (χ0) is 24.7. The topological polar surface area (TPSA) is 59.3 Å². The summed E-state index contributed by atoms with van der Waals surface area (Å²) in [6.45, 7) is 1.27. The number of alkyl halides is 5. The Labute approximate surface area is 198 Å². The van der Waals surface area contributed by atoms with E-state index in [1.165, 1.54) is 18.7 Å². The Morgan fingerprint density at radius 1 is 1.03 bits per heavy atom. The van der Waals surface area contributed by atoms with Crippen molar-refractivity contribution in [2.24, 2.45) is 0 Å². The van der Waals surface area contributed by atoms with Crippen LogP contribution in [-0.2, 0) is 5.92 Å². The number of hydrogen-bond donors (Lipinski definition) is 1. The van der Waals surface area contributed by atoms with Gasteiger partial charge in [-0.05, 0) is 49.4 Å². The van der Waals surface area contributed by atoms with Crippen LogP contribution in [0.5, 0.6) is 0 Å². The highest BCUT2D eigenvalue weighted by atomic mass is 35.5. The molecule has 0 aliphatic heterocycles. The van der Waals surface area contributed by atoms with E-state index in [1.807, 2.05) is 0 Å². The highest BCUT2D eigenvalue weighted by Crippen LogP contribution is 2.44. The first kappa shape index (κ1) is 24.0. The third kappa shape index (κ3) is 4.71. The van der Waals surface area contributed by atoms with Crippen LogP contribution in [0.15, 0.2) is 70.5 Å². The largest absolute Gasteiger partial charge is 0.459 e. The van der Waals surface area contributed by atoms with Gasteiger partial charge in [-0.2, -0.15) is 27.1 Å². The maximum atomic E-state index is 14.1. The maximum absolute atomic E-state index is 14.1. The van der Waals surface area contributed by atoms with Crippen LogP contribution in [0.2, 0.25) is 5.02 Å². The van der Waals surface area contributed by atoms with E-state index in [1.54, 1.807) is 48.5 Å². The highest BCUT2D eigenvalue weighted by Gasteiger charge is 2.60. The molecule has 0 unspecified atom stereocenters. The Kier molecular flexibility index (Phi) is 6.26. The molecule has 0 fully saturated rings. The van der Waals surface area contributed by atoms with E-state index < -0.39 is 23.7 Å². The number of halogens is 6. The molecule has 1 N–H and O–H groups in total. The molecule has 4 rings (SSSR count). The molecule has 12 heteroatoms. The summed E-state index contributed by atoms with van der Waals surface area (Å²) in [5.41, 5.74) is -1.80. The second-order valence-electron chi connectivity index (χ2n) is 7.16. The van der Waals surface area contributed by atoms with Gasteiger partial charge < -0.3 is 5.32 Å². The maximum Gasteiger partial charge on any atom is 0.459 e. The lowest BCUT2D eigenvalue weighted by atomic mass is 10.2. The van der Waals surface area contributed by atoms with Gasteiger partial charge in [-0.1, -0.05) is 35.5 Å². The van der Waals surface area contributed by atoms with E-state index in [0.717, 1.165) is 11.0 Å². The molecule has 176 valence electrons. The lowest BCUT2D eigenvalue weighted by molar-refractivity contribution is -0.291. The fourth-order valence-electron chi connectivity index (χ4n) is 3.05. The standard InChI is InChI=1S/C22H14ClF5N4OS/c1-12-10-18(21(24,25)22(26,27)28)32-19(29-12)11-16(31-32)20(33)30-15-4-2-3-5-17(15)34-14-8-6-13(23)7-9-14/h2-11H,1H3,(H,30,33). The van der Waals surface area contributed by atoms with E-state index in [4.69, 9.17) is 11.6 Å². The number of benzene rings is 2. The van der Waals surface area contributed by atoms with Gasteiger partial charge in [-0.25, -0.2) is 9.50 Å². The van der Waals surface area contributed by atoms with Crippen LogP contribution in [0.1, 0.15) is 21.9 Å². The number of hydrogen-bond acceptors (Lipinski definition) is 4. The Bertz CT molecular complexity index is 1370. The molecular formula is C22H14ClF5N4OS. The molecule has 0 radical (unpaired) electrons. The molecule has 1 amide bonds. The van der Waals surface area contributed by atoms with Crippen LogP contribution in [0.25, 0.3) is 5.65 Å².